The fraction of sp³-hybridized carbons (Fsp3) is 0.263. The van der Waals surface area contributed by atoms with Crippen molar-refractivity contribution in [1.29, 1.82) is 0 Å². The Balaban J connectivity index is 1.89. The standard InChI is InChI=1S/C19H18Cl2O5S/c1-11-4-5-12(2)16(8-11)27-7-6-25-19(23)26-17-14(20)9-13(10-15(17)21)18(22)24-3/h4-5,8-10H,6-7H2,1-3H3. The van der Waals surface area contributed by atoms with Gasteiger partial charge in [-0.15, -0.1) is 11.8 Å². The fourth-order valence-corrected chi connectivity index (χ4v) is 3.66. The molecule has 0 saturated heterocycles. The number of thioether (sulfide) groups is 1. The number of halogens is 2. The molecule has 0 heterocycles. The maximum atomic E-state index is 11.9. The highest BCUT2D eigenvalue weighted by molar-refractivity contribution is 7.99. The highest BCUT2D eigenvalue weighted by atomic mass is 35.5. The van der Waals surface area contributed by atoms with Gasteiger partial charge in [-0.1, -0.05) is 40.9 Å². The maximum absolute atomic E-state index is 11.9. The largest absolute Gasteiger partial charge is 0.513 e. The van der Waals surface area contributed by atoms with Crippen molar-refractivity contribution in [1.82, 2.24) is 0 Å². The topological polar surface area (TPSA) is 61.8 Å². The van der Waals surface area contributed by atoms with Crippen molar-refractivity contribution < 1.29 is 23.8 Å². The number of aryl methyl sites for hydroxylation is 2. The summed E-state index contributed by atoms with van der Waals surface area (Å²) < 4.78 is 14.7. The molecular weight excluding hydrogens is 411 g/mol. The van der Waals surface area contributed by atoms with Crippen LogP contribution in [0.1, 0.15) is 21.5 Å². The highest BCUT2D eigenvalue weighted by Gasteiger charge is 2.18. The van der Waals surface area contributed by atoms with Crippen molar-refractivity contribution in [3.05, 3.63) is 57.1 Å². The van der Waals surface area contributed by atoms with Crippen LogP contribution in [0.5, 0.6) is 5.75 Å². The van der Waals surface area contributed by atoms with Gasteiger partial charge in [0.1, 0.15) is 6.61 Å². The smallest absolute Gasteiger partial charge is 0.465 e. The van der Waals surface area contributed by atoms with E-state index in [1.807, 2.05) is 19.9 Å². The van der Waals surface area contributed by atoms with E-state index in [2.05, 4.69) is 16.9 Å². The van der Waals surface area contributed by atoms with Crippen LogP contribution in [0.15, 0.2) is 35.2 Å². The Bertz CT molecular complexity index is 831. The molecule has 0 spiro atoms. The number of carbonyl (C=O) groups is 2. The highest BCUT2D eigenvalue weighted by Crippen LogP contribution is 2.34. The first kappa shape index (κ1) is 21.4. The number of carbonyl (C=O) groups excluding carboxylic acids is 2. The van der Waals surface area contributed by atoms with E-state index in [0.717, 1.165) is 10.5 Å². The van der Waals surface area contributed by atoms with Gasteiger partial charge in [-0.3, -0.25) is 0 Å². The summed E-state index contributed by atoms with van der Waals surface area (Å²) in [5.74, 6) is -0.100. The lowest BCUT2D eigenvalue weighted by Crippen LogP contribution is -2.13. The van der Waals surface area contributed by atoms with Crippen molar-refractivity contribution in [2.24, 2.45) is 0 Å². The van der Waals surface area contributed by atoms with Crippen LogP contribution >= 0.6 is 35.0 Å². The second kappa shape index (κ2) is 9.88. The molecule has 0 radical (unpaired) electrons. The Hall–Kier alpha value is -1.89. The van der Waals surface area contributed by atoms with E-state index in [4.69, 9.17) is 32.7 Å². The van der Waals surface area contributed by atoms with Crippen molar-refractivity contribution in [2.75, 3.05) is 19.5 Å². The monoisotopic (exact) mass is 428 g/mol. The van der Waals surface area contributed by atoms with Crippen molar-refractivity contribution >= 4 is 47.1 Å². The Morgan fingerprint density at radius 1 is 1.07 bits per heavy atom. The number of benzene rings is 2. The quantitative estimate of drug-likeness (QED) is 0.254. The molecule has 0 aliphatic carbocycles. The summed E-state index contributed by atoms with van der Waals surface area (Å²) in [6, 6.07) is 8.79. The summed E-state index contributed by atoms with van der Waals surface area (Å²) in [4.78, 5) is 24.5. The molecule has 2 aromatic rings. The summed E-state index contributed by atoms with van der Waals surface area (Å²) >= 11 is 13.6. The Kier molecular flexibility index (Phi) is 7.83. The second-order valence-corrected chi connectivity index (χ2v) is 7.53. The van der Waals surface area contributed by atoms with Crippen LogP contribution in [0, 0.1) is 13.8 Å². The van der Waals surface area contributed by atoms with E-state index >= 15 is 0 Å². The van der Waals surface area contributed by atoms with E-state index in [1.54, 1.807) is 11.8 Å². The van der Waals surface area contributed by atoms with Gasteiger partial charge in [0, 0.05) is 10.6 Å². The Labute approximate surface area is 171 Å². The lowest BCUT2D eigenvalue weighted by molar-refractivity contribution is 0.0600. The number of esters is 1. The molecule has 27 heavy (non-hydrogen) atoms. The van der Waals surface area contributed by atoms with Gasteiger partial charge in [0.05, 0.1) is 22.7 Å². The molecule has 0 N–H and O–H groups in total. The molecule has 144 valence electrons. The van der Waals surface area contributed by atoms with E-state index in [1.165, 1.54) is 24.8 Å². The summed E-state index contributed by atoms with van der Waals surface area (Å²) in [6.07, 6.45) is -0.925. The molecule has 0 fully saturated rings. The fourth-order valence-electron chi connectivity index (χ4n) is 2.15. The summed E-state index contributed by atoms with van der Waals surface area (Å²) in [5.41, 5.74) is 2.48. The minimum Gasteiger partial charge on any atom is -0.465 e. The third-order valence-corrected chi connectivity index (χ3v) is 5.19. The number of methoxy groups -OCH3 is 1. The first-order valence-electron chi connectivity index (χ1n) is 7.94. The minimum atomic E-state index is -0.925. The molecule has 0 unspecified atom stereocenters. The zero-order valence-corrected chi connectivity index (χ0v) is 17.3. The lowest BCUT2D eigenvalue weighted by Gasteiger charge is -2.10. The minimum absolute atomic E-state index is 0.00427. The molecule has 0 aliphatic heterocycles. The van der Waals surface area contributed by atoms with Crippen LogP contribution < -0.4 is 4.74 Å². The van der Waals surface area contributed by atoms with Gasteiger partial charge in [-0.2, -0.15) is 0 Å². The zero-order chi connectivity index (χ0) is 20.0. The Morgan fingerprint density at radius 2 is 1.74 bits per heavy atom. The summed E-state index contributed by atoms with van der Waals surface area (Å²) in [5, 5.41) is 0.00854. The van der Waals surface area contributed by atoms with Gasteiger partial charge in [0.2, 0.25) is 0 Å². The van der Waals surface area contributed by atoms with Gasteiger partial charge in [-0.05, 0) is 37.6 Å². The Morgan fingerprint density at radius 3 is 2.37 bits per heavy atom. The van der Waals surface area contributed by atoms with Crippen LogP contribution in [-0.2, 0) is 9.47 Å². The summed E-state index contributed by atoms with van der Waals surface area (Å²) in [7, 11) is 1.24. The molecule has 2 rings (SSSR count). The number of hydrogen-bond donors (Lipinski definition) is 0. The van der Waals surface area contributed by atoms with Crippen molar-refractivity contribution in [3.63, 3.8) is 0 Å². The molecule has 0 aromatic heterocycles. The van der Waals surface area contributed by atoms with Crippen molar-refractivity contribution in [2.45, 2.75) is 18.7 Å². The van der Waals surface area contributed by atoms with Gasteiger partial charge in [0.15, 0.2) is 5.75 Å². The molecule has 2 aromatic carbocycles. The number of rotatable bonds is 6. The van der Waals surface area contributed by atoms with Crippen molar-refractivity contribution in [3.8, 4) is 5.75 Å². The molecular formula is C19H18Cl2O5S. The first-order valence-corrected chi connectivity index (χ1v) is 9.68. The van der Waals surface area contributed by atoms with Crippen LogP contribution in [-0.4, -0.2) is 31.6 Å². The average molecular weight is 429 g/mol. The van der Waals surface area contributed by atoms with Gasteiger partial charge < -0.3 is 14.2 Å². The number of hydrogen-bond acceptors (Lipinski definition) is 6. The van der Waals surface area contributed by atoms with E-state index in [0.29, 0.717) is 5.75 Å². The molecule has 8 heteroatoms. The van der Waals surface area contributed by atoms with Crippen LogP contribution in [0.2, 0.25) is 10.0 Å². The molecule has 0 saturated carbocycles. The second-order valence-electron chi connectivity index (χ2n) is 5.58. The zero-order valence-electron chi connectivity index (χ0n) is 15.0. The third kappa shape index (κ3) is 6.06. The van der Waals surface area contributed by atoms with Crippen LogP contribution in [0.25, 0.3) is 0 Å². The first-order chi connectivity index (χ1) is 12.8. The normalized spacial score (nSPS) is 10.4. The van der Waals surface area contributed by atoms with Crippen LogP contribution in [0.3, 0.4) is 0 Å². The molecule has 0 atom stereocenters. The van der Waals surface area contributed by atoms with Crippen LogP contribution in [0.4, 0.5) is 4.79 Å². The third-order valence-electron chi connectivity index (χ3n) is 3.51. The van der Waals surface area contributed by atoms with Gasteiger partial charge in [-0.25, -0.2) is 9.59 Å². The molecule has 0 amide bonds. The maximum Gasteiger partial charge on any atom is 0.513 e. The van der Waals surface area contributed by atoms with E-state index in [-0.39, 0.29) is 28.0 Å². The number of ether oxygens (including phenoxy) is 3. The summed E-state index contributed by atoms with van der Waals surface area (Å²) in [6.45, 7) is 4.21. The molecule has 0 bridgehead atoms. The van der Waals surface area contributed by atoms with E-state index in [9.17, 15) is 9.59 Å². The molecule has 5 nitrogen and oxygen atoms in total. The molecule has 0 aliphatic rings. The SMILES string of the molecule is COC(=O)c1cc(Cl)c(OC(=O)OCCSc2cc(C)ccc2C)c(Cl)c1. The van der Waals surface area contributed by atoms with Gasteiger partial charge in [0.25, 0.3) is 0 Å². The van der Waals surface area contributed by atoms with Gasteiger partial charge >= 0.3 is 12.1 Å². The average Bonchev–Trinajstić information content (AvgIpc) is 2.63. The predicted octanol–water partition coefficient (Wildman–Crippen LogP) is 5.70. The lowest BCUT2D eigenvalue weighted by atomic mass is 10.2. The van der Waals surface area contributed by atoms with E-state index < -0.39 is 12.1 Å². The predicted molar refractivity (Wildman–Crippen MR) is 106 cm³/mol.